The minimum Gasteiger partial charge on any atom is -0.342 e. The maximum absolute atomic E-state index is 12.6. The molecule has 1 fully saturated rings. The fraction of sp³-hybridized carbons (Fsp3) is 0.522. The Bertz CT molecular complexity index is 943. The summed E-state index contributed by atoms with van der Waals surface area (Å²) in [7, 11) is 0. The summed E-state index contributed by atoms with van der Waals surface area (Å²) >= 11 is 1.39. The van der Waals surface area contributed by atoms with Crippen LogP contribution in [0.1, 0.15) is 74.2 Å². The zero-order valence-corrected chi connectivity index (χ0v) is 19.7. The van der Waals surface area contributed by atoms with Gasteiger partial charge in [-0.2, -0.15) is 0 Å². The van der Waals surface area contributed by atoms with Crippen molar-refractivity contribution >= 4 is 39.9 Å². The fourth-order valence-corrected chi connectivity index (χ4v) is 4.50. The van der Waals surface area contributed by atoms with Crippen molar-refractivity contribution in [2.75, 3.05) is 23.7 Å². The summed E-state index contributed by atoms with van der Waals surface area (Å²) in [5, 5.41) is 15.3. The highest BCUT2D eigenvalue weighted by atomic mass is 32.1. The molecule has 2 N–H and O–H groups in total. The molecule has 8 nitrogen and oxygen atoms in total. The molecule has 0 bridgehead atoms. The molecule has 3 rings (SSSR count). The summed E-state index contributed by atoms with van der Waals surface area (Å²) in [4.78, 5) is 38.9. The van der Waals surface area contributed by atoms with Crippen LogP contribution in [-0.4, -0.2) is 45.9 Å². The maximum atomic E-state index is 12.6. The number of aromatic nitrogens is 2. The van der Waals surface area contributed by atoms with Crippen LogP contribution < -0.4 is 10.6 Å². The molecule has 1 saturated heterocycles. The van der Waals surface area contributed by atoms with Gasteiger partial charge in [0.2, 0.25) is 16.9 Å². The molecule has 0 aliphatic carbocycles. The third kappa shape index (κ3) is 6.12. The number of anilines is 2. The first-order valence-corrected chi connectivity index (χ1v) is 12.1. The van der Waals surface area contributed by atoms with Crippen LogP contribution in [0.4, 0.5) is 10.8 Å². The largest absolute Gasteiger partial charge is 0.342 e. The van der Waals surface area contributed by atoms with Gasteiger partial charge in [-0.3, -0.25) is 19.7 Å². The number of benzene rings is 1. The van der Waals surface area contributed by atoms with Crippen molar-refractivity contribution in [1.82, 2.24) is 15.1 Å². The van der Waals surface area contributed by atoms with Crippen LogP contribution in [0.15, 0.2) is 24.3 Å². The van der Waals surface area contributed by atoms with Gasteiger partial charge in [-0.1, -0.05) is 44.9 Å². The Morgan fingerprint density at radius 2 is 1.91 bits per heavy atom. The van der Waals surface area contributed by atoms with Gasteiger partial charge in [0.25, 0.3) is 5.91 Å². The van der Waals surface area contributed by atoms with Gasteiger partial charge in [-0.05, 0) is 37.1 Å². The number of carbonyl (C=O) groups excluding carboxylic acids is 3. The second kappa shape index (κ2) is 11.2. The number of nitrogens with one attached hydrogen (secondary N) is 2. The van der Waals surface area contributed by atoms with E-state index < -0.39 is 0 Å². The summed E-state index contributed by atoms with van der Waals surface area (Å²) in [6, 6.07) is 6.68. The van der Waals surface area contributed by atoms with Crippen LogP contribution in [0.5, 0.6) is 0 Å². The van der Waals surface area contributed by atoms with Crippen molar-refractivity contribution in [3.8, 4) is 0 Å². The minimum absolute atomic E-state index is 0.0366. The van der Waals surface area contributed by atoms with E-state index in [9.17, 15) is 14.4 Å². The Hall–Kier alpha value is -2.81. The SMILES string of the molecule is CCCCN1CC(C(=O)Nc2ccc(C(=O)Nc3nnc(C(C)CCC)s3)cc2)CC1=O. The zero-order valence-electron chi connectivity index (χ0n) is 18.9. The van der Waals surface area contributed by atoms with Crippen molar-refractivity contribution in [3.05, 3.63) is 34.8 Å². The third-order valence-corrected chi connectivity index (χ3v) is 6.66. The predicted molar refractivity (Wildman–Crippen MR) is 126 cm³/mol. The smallest absolute Gasteiger partial charge is 0.257 e. The number of carbonyl (C=O) groups is 3. The fourth-order valence-electron chi connectivity index (χ4n) is 3.67. The van der Waals surface area contributed by atoms with Gasteiger partial charge < -0.3 is 10.2 Å². The topological polar surface area (TPSA) is 104 Å². The van der Waals surface area contributed by atoms with Crippen molar-refractivity contribution in [1.29, 1.82) is 0 Å². The number of hydrogen-bond donors (Lipinski definition) is 2. The molecular weight excluding hydrogens is 426 g/mol. The van der Waals surface area contributed by atoms with Crippen LogP contribution in [0.25, 0.3) is 0 Å². The number of hydrogen-bond acceptors (Lipinski definition) is 6. The Kier molecular flexibility index (Phi) is 8.33. The minimum atomic E-state index is -0.343. The predicted octanol–water partition coefficient (Wildman–Crippen LogP) is 4.28. The standard InChI is InChI=1S/C23H31N5O3S/c1-4-6-12-28-14-17(13-19(28)29)21(31)24-18-10-8-16(9-11-18)20(30)25-23-27-26-22(32-23)15(3)7-5-2/h8-11,15,17H,4-7,12-14H2,1-3H3,(H,24,31)(H,25,27,30). The lowest BCUT2D eigenvalue weighted by atomic mass is 10.1. The van der Waals surface area contributed by atoms with Crippen molar-refractivity contribution in [3.63, 3.8) is 0 Å². The highest BCUT2D eigenvalue weighted by Gasteiger charge is 2.33. The normalized spacial score (nSPS) is 16.8. The quantitative estimate of drug-likeness (QED) is 0.554. The van der Waals surface area contributed by atoms with Crippen LogP contribution in [0.3, 0.4) is 0 Å². The summed E-state index contributed by atoms with van der Waals surface area (Å²) in [6.45, 7) is 7.48. The molecule has 32 heavy (non-hydrogen) atoms. The molecule has 2 unspecified atom stereocenters. The second-order valence-electron chi connectivity index (χ2n) is 8.25. The van der Waals surface area contributed by atoms with Crippen LogP contribution in [-0.2, 0) is 9.59 Å². The van der Waals surface area contributed by atoms with E-state index in [0.717, 1.165) is 30.7 Å². The van der Waals surface area contributed by atoms with E-state index in [2.05, 4.69) is 41.6 Å². The summed E-state index contributed by atoms with van der Waals surface area (Å²) in [6.07, 6.45) is 4.30. The van der Waals surface area contributed by atoms with Crippen LogP contribution in [0.2, 0.25) is 0 Å². The molecule has 3 amide bonds. The first kappa shape index (κ1) is 23.8. The molecule has 0 radical (unpaired) electrons. The zero-order chi connectivity index (χ0) is 23.1. The van der Waals surface area contributed by atoms with E-state index in [-0.39, 0.29) is 30.1 Å². The lowest BCUT2D eigenvalue weighted by Crippen LogP contribution is -2.29. The number of nitrogens with zero attached hydrogens (tertiary/aromatic N) is 3. The van der Waals surface area contributed by atoms with Gasteiger partial charge in [0.15, 0.2) is 0 Å². The third-order valence-electron chi connectivity index (χ3n) is 5.59. The Morgan fingerprint density at radius 1 is 1.16 bits per heavy atom. The molecule has 1 aliphatic heterocycles. The number of amides is 3. The number of rotatable bonds is 10. The molecule has 2 heterocycles. The summed E-state index contributed by atoms with van der Waals surface area (Å²) in [5.41, 5.74) is 1.06. The first-order chi connectivity index (χ1) is 15.4. The second-order valence-corrected chi connectivity index (χ2v) is 9.26. The molecule has 2 aromatic rings. The molecule has 0 spiro atoms. The number of likely N-dealkylation sites (tertiary alicyclic amines) is 1. The van der Waals surface area contributed by atoms with Gasteiger partial charge in [0.1, 0.15) is 5.01 Å². The molecule has 172 valence electrons. The Labute approximate surface area is 192 Å². The number of unbranched alkanes of at least 4 members (excludes halogenated alkanes) is 1. The first-order valence-electron chi connectivity index (χ1n) is 11.2. The highest BCUT2D eigenvalue weighted by molar-refractivity contribution is 7.15. The van der Waals surface area contributed by atoms with Crippen molar-refractivity contribution in [2.45, 2.75) is 58.8 Å². The molecule has 9 heteroatoms. The maximum Gasteiger partial charge on any atom is 0.257 e. The Balaban J connectivity index is 1.53. The van der Waals surface area contributed by atoms with E-state index in [1.807, 2.05) is 0 Å². The molecule has 1 aliphatic rings. The molecule has 0 saturated carbocycles. The van der Waals surface area contributed by atoms with Gasteiger partial charge in [0, 0.05) is 36.7 Å². The van der Waals surface area contributed by atoms with Gasteiger partial charge in [0.05, 0.1) is 5.92 Å². The highest BCUT2D eigenvalue weighted by Crippen LogP contribution is 2.27. The van der Waals surface area contributed by atoms with Crippen molar-refractivity contribution < 1.29 is 14.4 Å². The Morgan fingerprint density at radius 3 is 2.59 bits per heavy atom. The monoisotopic (exact) mass is 457 g/mol. The van der Waals surface area contributed by atoms with E-state index in [0.29, 0.717) is 35.4 Å². The molecular formula is C23H31N5O3S. The van der Waals surface area contributed by atoms with Gasteiger partial charge >= 0.3 is 0 Å². The van der Waals surface area contributed by atoms with E-state index in [4.69, 9.17) is 0 Å². The lowest BCUT2D eigenvalue weighted by Gasteiger charge is -2.16. The molecule has 1 aromatic heterocycles. The van der Waals surface area contributed by atoms with Crippen molar-refractivity contribution in [2.24, 2.45) is 5.92 Å². The summed E-state index contributed by atoms with van der Waals surface area (Å²) in [5.74, 6) is -0.433. The average molecular weight is 458 g/mol. The summed E-state index contributed by atoms with van der Waals surface area (Å²) < 4.78 is 0. The van der Waals surface area contributed by atoms with Crippen LogP contribution >= 0.6 is 11.3 Å². The van der Waals surface area contributed by atoms with Gasteiger partial charge in [-0.15, -0.1) is 10.2 Å². The average Bonchev–Trinajstić information content (AvgIpc) is 3.39. The molecule has 1 aromatic carbocycles. The van der Waals surface area contributed by atoms with E-state index in [1.165, 1.54) is 11.3 Å². The van der Waals surface area contributed by atoms with E-state index in [1.54, 1.807) is 29.2 Å². The van der Waals surface area contributed by atoms with Crippen LogP contribution in [0, 0.1) is 5.92 Å². The lowest BCUT2D eigenvalue weighted by molar-refractivity contribution is -0.128. The van der Waals surface area contributed by atoms with Gasteiger partial charge in [-0.25, -0.2) is 0 Å². The molecule has 2 atom stereocenters. The van der Waals surface area contributed by atoms with E-state index >= 15 is 0 Å².